The molecule has 3 heterocycles. The van der Waals surface area contributed by atoms with E-state index >= 15 is 0 Å². The minimum atomic E-state index is 0.538. The Balaban J connectivity index is 1.18. The van der Waals surface area contributed by atoms with Gasteiger partial charge in [0.15, 0.2) is 0 Å². The van der Waals surface area contributed by atoms with Crippen molar-refractivity contribution in [2.24, 2.45) is 0 Å². The number of para-hydroxylation sites is 2. The van der Waals surface area contributed by atoms with Crippen molar-refractivity contribution in [1.29, 1.82) is 0 Å². The molecule has 0 aliphatic carbocycles. The third-order valence-corrected chi connectivity index (χ3v) is 7.41. The number of rotatable bonds is 5. The van der Waals surface area contributed by atoms with Gasteiger partial charge in [-0.3, -0.25) is 4.90 Å². The van der Waals surface area contributed by atoms with E-state index < -0.39 is 0 Å². The van der Waals surface area contributed by atoms with E-state index in [1.54, 1.807) is 0 Å². The summed E-state index contributed by atoms with van der Waals surface area (Å²) in [6.45, 7) is 5.45. The molecule has 168 valence electrons. The molecule has 1 atom stereocenters. The Morgan fingerprint density at radius 2 is 1.61 bits per heavy atom. The van der Waals surface area contributed by atoms with Gasteiger partial charge in [0, 0.05) is 38.1 Å². The van der Waals surface area contributed by atoms with Crippen LogP contribution in [0, 0.1) is 0 Å². The SMILES string of the molecule is c1ccc(-c2cccc(CN3CCC(n4c(C5CCNC5)nc5ccccc54)CC3)c2)cc1. The van der Waals surface area contributed by atoms with Gasteiger partial charge < -0.3 is 9.88 Å². The van der Waals surface area contributed by atoms with E-state index in [2.05, 4.69) is 93.6 Å². The van der Waals surface area contributed by atoms with Crippen molar-refractivity contribution >= 4 is 11.0 Å². The fraction of sp³-hybridized carbons (Fsp3) is 0.345. The van der Waals surface area contributed by atoms with Gasteiger partial charge in [-0.1, -0.05) is 60.7 Å². The molecule has 0 amide bonds. The number of aromatic nitrogens is 2. The van der Waals surface area contributed by atoms with Gasteiger partial charge in [0.25, 0.3) is 0 Å². The van der Waals surface area contributed by atoms with Crippen LogP contribution in [0.4, 0.5) is 0 Å². The third-order valence-electron chi connectivity index (χ3n) is 7.41. The van der Waals surface area contributed by atoms with Crippen LogP contribution in [-0.4, -0.2) is 40.6 Å². The average Bonchev–Trinajstić information content (AvgIpc) is 3.53. The maximum Gasteiger partial charge on any atom is 0.114 e. The monoisotopic (exact) mass is 436 g/mol. The molecule has 3 aromatic carbocycles. The normalized spacial score (nSPS) is 19.9. The molecule has 4 aromatic rings. The Morgan fingerprint density at radius 3 is 2.42 bits per heavy atom. The lowest BCUT2D eigenvalue weighted by Crippen LogP contribution is -2.34. The summed E-state index contributed by atoms with van der Waals surface area (Å²) in [6.07, 6.45) is 3.57. The molecule has 1 unspecified atom stereocenters. The second-order valence-corrected chi connectivity index (χ2v) is 9.59. The van der Waals surface area contributed by atoms with E-state index in [0.717, 1.165) is 38.2 Å². The summed E-state index contributed by atoms with van der Waals surface area (Å²) in [6, 6.07) is 29.0. The third kappa shape index (κ3) is 4.21. The molecule has 4 heteroatoms. The van der Waals surface area contributed by atoms with E-state index in [4.69, 9.17) is 4.98 Å². The van der Waals surface area contributed by atoms with Crippen LogP contribution in [0.15, 0.2) is 78.9 Å². The van der Waals surface area contributed by atoms with Crippen molar-refractivity contribution < 1.29 is 0 Å². The summed E-state index contributed by atoms with van der Waals surface area (Å²) in [7, 11) is 0. The highest BCUT2D eigenvalue weighted by atomic mass is 15.2. The van der Waals surface area contributed by atoms with Crippen molar-refractivity contribution in [3.8, 4) is 11.1 Å². The Labute approximate surface area is 196 Å². The van der Waals surface area contributed by atoms with Crippen molar-refractivity contribution in [3.63, 3.8) is 0 Å². The number of piperidine rings is 1. The van der Waals surface area contributed by atoms with Gasteiger partial charge in [0.05, 0.1) is 11.0 Å². The zero-order valence-electron chi connectivity index (χ0n) is 19.2. The summed E-state index contributed by atoms with van der Waals surface area (Å²) < 4.78 is 2.60. The Bertz CT molecular complexity index is 1210. The highest BCUT2D eigenvalue weighted by Crippen LogP contribution is 2.34. The first-order chi connectivity index (χ1) is 16.3. The number of likely N-dealkylation sites (tertiary alicyclic amines) is 1. The molecular formula is C29H32N4. The van der Waals surface area contributed by atoms with E-state index in [1.165, 1.54) is 47.3 Å². The number of hydrogen-bond donors (Lipinski definition) is 1. The predicted octanol–water partition coefficient (Wildman–Crippen LogP) is 5.62. The molecule has 1 aromatic heterocycles. The number of nitrogens with one attached hydrogen (secondary N) is 1. The fourth-order valence-corrected chi connectivity index (χ4v) is 5.68. The number of benzene rings is 3. The molecule has 2 aliphatic rings. The molecule has 6 rings (SSSR count). The molecule has 1 N–H and O–H groups in total. The lowest BCUT2D eigenvalue weighted by molar-refractivity contribution is 0.179. The number of fused-ring (bicyclic) bond motifs is 1. The molecule has 0 spiro atoms. The van der Waals surface area contributed by atoms with Gasteiger partial charge in [-0.25, -0.2) is 4.98 Å². The predicted molar refractivity (Wildman–Crippen MR) is 135 cm³/mol. The maximum atomic E-state index is 5.10. The highest BCUT2D eigenvalue weighted by molar-refractivity contribution is 5.76. The largest absolute Gasteiger partial charge is 0.324 e. The van der Waals surface area contributed by atoms with Crippen LogP contribution in [0.2, 0.25) is 0 Å². The molecule has 4 nitrogen and oxygen atoms in total. The van der Waals surface area contributed by atoms with Crippen molar-refractivity contribution in [1.82, 2.24) is 19.8 Å². The van der Waals surface area contributed by atoms with Crippen molar-refractivity contribution in [3.05, 3.63) is 90.3 Å². The van der Waals surface area contributed by atoms with Gasteiger partial charge in [-0.05, 0) is 60.7 Å². The van der Waals surface area contributed by atoms with E-state index in [0.29, 0.717) is 12.0 Å². The van der Waals surface area contributed by atoms with Crippen LogP contribution in [0.25, 0.3) is 22.2 Å². The molecule has 0 bridgehead atoms. The van der Waals surface area contributed by atoms with Gasteiger partial charge in [-0.2, -0.15) is 0 Å². The summed E-state index contributed by atoms with van der Waals surface area (Å²) in [5.41, 5.74) is 6.47. The van der Waals surface area contributed by atoms with E-state index in [9.17, 15) is 0 Å². The molecule has 2 saturated heterocycles. The van der Waals surface area contributed by atoms with Crippen molar-refractivity contribution in [2.75, 3.05) is 26.2 Å². The van der Waals surface area contributed by atoms with Crippen LogP contribution in [-0.2, 0) is 6.54 Å². The lowest BCUT2D eigenvalue weighted by atomic mass is 10.00. The molecule has 2 fully saturated rings. The Kier molecular flexibility index (Phi) is 5.71. The minimum absolute atomic E-state index is 0.538. The summed E-state index contributed by atoms with van der Waals surface area (Å²) in [4.78, 5) is 7.73. The van der Waals surface area contributed by atoms with Gasteiger partial charge in [0.1, 0.15) is 5.82 Å². The summed E-state index contributed by atoms with van der Waals surface area (Å²) >= 11 is 0. The fourth-order valence-electron chi connectivity index (χ4n) is 5.68. The Hall–Kier alpha value is -2.95. The molecule has 2 aliphatic heterocycles. The van der Waals surface area contributed by atoms with Crippen LogP contribution in [0.1, 0.15) is 42.6 Å². The minimum Gasteiger partial charge on any atom is -0.324 e. The van der Waals surface area contributed by atoms with Crippen molar-refractivity contribution in [2.45, 2.75) is 37.8 Å². The first-order valence-electron chi connectivity index (χ1n) is 12.4. The van der Waals surface area contributed by atoms with Crippen LogP contribution in [0.5, 0.6) is 0 Å². The first kappa shape index (κ1) is 20.6. The van der Waals surface area contributed by atoms with E-state index in [1.807, 2.05) is 0 Å². The number of nitrogens with zero attached hydrogens (tertiary/aromatic N) is 3. The summed E-state index contributed by atoms with van der Waals surface area (Å²) in [5.74, 6) is 1.84. The second-order valence-electron chi connectivity index (χ2n) is 9.59. The van der Waals surface area contributed by atoms with Crippen LogP contribution < -0.4 is 5.32 Å². The topological polar surface area (TPSA) is 33.1 Å². The Morgan fingerprint density at radius 1 is 0.818 bits per heavy atom. The zero-order valence-corrected chi connectivity index (χ0v) is 19.2. The molecule has 0 radical (unpaired) electrons. The average molecular weight is 437 g/mol. The smallest absolute Gasteiger partial charge is 0.114 e. The molecule has 0 saturated carbocycles. The lowest BCUT2D eigenvalue weighted by Gasteiger charge is -2.34. The number of imidazole rings is 1. The first-order valence-corrected chi connectivity index (χ1v) is 12.4. The molecular weight excluding hydrogens is 404 g/mol. The number of hydrogen-bond acceptors (Lipinski definition) is 3. The van der Waals surface area contributed by atoms with Gasteiger partial charge >= 0.3 is 0 Å². The van der Waals surface area contributed by atoms with Gasteiger partial charge in [0.2, 0.25) is 0 Å². The van der Waals surface area contributed by atoms with E-state index in [-0.39, 0.29) is 0 Å². The van der Waals surface area contributed by atoms with Crippen LogP contribution >= 0.6 is 0 Å². The molecule has 33 heavy (non-hydrogen) atoms. The van der Waals surface area contributed by atoms with Crippen LogP contribution in [0.3, 0.4) is 0 Å². The second kappa shape index (κ2) is 9.12. The summed E-state index contributed by atoms with van der Waals surface area (Å²) in [5, 5.41) is 3.53. The quantitative estimate of drug-likeness (QED) is 0.441. The zero-order chi connectivity index (χ0) is 22.0. The maximum absolute atomic E-state index is 5.10. The standard InChI is InChI=1S/C29H32N4/c1-2-8-23(9-3-1)24-10-6-7-22(19-24)21-32-17-14-26(15-18-32)33-28-12-5-4-11-27(28)31-29(33)25-13-16-30-20-25/h1-12,19,25-26,30H,13-18,20-21H2. The van der Waals surface area contributed by atoms with Gasteiger partial charge in [-0.15, -0.1) is 0 Å². The highest BCUT2D eigenvalue weighted by Gasteiger charge is 2.29.